The van der Waals surface area contributed by atoms with Crippen LogP contribution in [0.5, 0.6) is 11.5 Å². The van der Waals surface area contributed by atoms with E-state index in [0.29, 0.717) is 50.1 Å². The molecule has 0 spiro atoms. The predicted molar refractivity (Wildman–Crippen MR) is 188 cm³/mol. The van der Waals surface area contributed by atoms with Gasteiger partial charge in [0.25, 0.3) is 0 Å². The zero-order valence-corrected chi connectivity index (χ0v) is 30.8. The molecular formula is C38H50N4O9. The van der Waals surface area contributed by atoms with Crippen molar-refractivity contribution < 1.29 is 42.8 Å². The maximum atomic E-state index is 12.3. The summed E-state index contributed by atoms with van der Waals surface area (Å²) in [5.74, 6) is 2.35. The van der Waals surface area contributed by atoms with Crippen molar-refractivity contribution >= 4 is 12.2 Å². The average Bonchev–Trinajstić information content (AvgIpc) is 3.80. The SMILES string of the molecule is Cc1c(O)ccc2c1CCN(C(=O)OC(C)(C)C)C2.Cc1c(OCc2cnco2)ccc2c1CCN(C(=O)OC(C)(C)C)C2.OCc1cnco1. The molecule has 0 radical (unpaired) electrons. The van der Waals surface area contributed by atoms with Crippen LogP contribution in [0, 0.1) is 13.8 Å². The number of hydrogen-bond donors (Lipinski definition) is 2. The molecule has 2 aromatic carbocycles. The van der Waals surface area contributed by atoms with Gasteiger partial charge >= 0.3 is 12.2 Å². The number of aromatic hydroxyl groups is 1. The van der Waals surface area contributed by atoms with E-state index < -0.39 is 11.2 Å². The van der Waals surface area contributed by atoms with E-state index in [2.05, 4.69) is 21.3 Å². The van der Waals surface area contributed by atoms with E-state index in [0.717, 1.165) is 46.4 Å². The third-order valence-corrected chi connectivity index (χ3v) is 8.09. The molecule has 6 rings (SSSR count). The Morgan fingerprint density at radius 1 is 0.765 bits per heavy atom. The average molecular weight is 707 g/mol. The number of fused-ring (bicyclic) bond motifs is 2. The highest BCUT2D eigenvalue weighted by atomic mass is 16.6. The molecule has 0 aliphatic carbocycles. The van der Waals surface area contributed by atoms with Crippen LogP contribution in [0.4, 0.5) is 9.59 Å². The Hall–Kier alpha value is -5.04. The number of aliphatic hydroxyl groups excluding tert-OH is 1. The lowest BCUT2D eigenvalue weighted by Crippen LogP contribution is -2.40. The molecule has 276 valence electrons. The fourth-order valence-electron chi connectivity index (χ4n) is 5.55. The Balaban J connectivity index is 0.000000197. The van der Waals surface area contributed by atoms with Gasteiger partial charge in [0, 0.05) is 26.2 Å². The van der Waals surface area contributed by atoms with Crippen molar-refractivity contribution in [3.8, 4) is 11.5 Å². The number of ether oxygens (including phenoxy) is 3. The van der Waals surface area contributed by atoms with Crippen LogP contribution in [0.1, 0.15) is 86.4 Å². The minimum Gasteiger partial charge on any atom is -0.508 e. The zero-order valence-electron chi connectivity index (χ0n) is 30.8. The molecule has 0 bridgehead atoms. The Morgan fingerprint density at radius 3 is 1.71 bits per heavy atom. The molecular weight excluding hydrogens is 656 g/mol. The van der Waals surface area contributed by atoms with Crippen molar-refractivity contribution in [2.45, 2.75) is 106 Å². The number of carbonyl (C=O) groups is 2. The summed E-state index contributed by atoms with van der Waals surface area (Å²) in [5, 5.41) is 18.0. The topological polar surface area (TPSA) is 161 Å². The quantitative estimate of drug-likeness (QED) is 0.225. The summed E-state index contributed by atoms with van der Waals surface area (Å²) < 4.78 is 26.5. The molecule has 2 aliphatic rings. The van der Waals surface area contributed by atoms with Crippen molar-refractivity contribution in [2.24, 2.45) is 0 Å². The van der Waals surface area contributed by atoms with E-state index >= 15 is 0 Å². The molecule has 4 aromatic rings. The second kappa shape index (κ2) is 16.8. The first-order valence-corrected chi connectivity index (χ1v) is 16.9. The van der Waals surface area contributed by atoms with Crippen molar-refractivity contribution in [1.82, 2.24) is 19.8 Å². The largest absolute Gasteiger partial charge is 0.508 e. The van der Waals surface area contributed by atoms with Gasteiger partial charge < -0.3 is 43.1 Å². The van der Waals surface area contributed by atoms with E-state index in [1.807, 2.05) is 66.7 Å². The van der Waals surface area contributed by atoms with E-state index in [9.17, 15) is 14.7 Å². The number of phenols is 1. The van der Waals surface area contributed by atoms with Crippen LogP contribution >= 0.6 is 0 Å². The van der Waals surface area contributed by atoms with Crippen molar-refractivity contribution in [3.63, 3.8) is 0 Å². The van der Waals surface area contributed by atoms with Gasteiger partial charge in [-0.15, -0.1) is 0 Å². The second-order valence-corrected chi connectivity index (χ2v) is 14.4. The van der Waals surface area contributed by atoms with Gasteiger partial charge in [0.1, 0.15) is 41.7 Å². The first-order chi connectivity index (χ1) is 24.0. The summed E-state index contributed by atoms with van der Waals surface area (Å²) in [4.78, 5) is 35.2. The molecule has 2 amide bonds. The zero-order chi connectivity index (χ0) is 37.3. The van der Waals surface area contributed by atoms with Crippen LogP contribution in [0.2, 0.25) is 0 Å². The van der Waals surface area contributed by atoms with Gasteiger partial charge in [0.05, 0.1) is 12.4 Å². The van der Waals surface area contributed by atoms with Crippen LogP contribution < -0.4 is 4.74 Å². The molecule has 0 fully saturated rings. The lowest BCUT2D eigenvalue weighted by atomic mass is 9.94. The molecule has 2 aliphatic heterocycles. The molecule has 13 nitrogen and oxygen atoms in total. The first-order valence-electron chi connectivity index (χ1n) is 16.9. The number of carbonyl (C=O) groups excluding carboxylic acids is 2. The number of aromatic nitrogens is 2. The Morgan fingerprint density at radius 2 is 1.25 bits per heavy atom. The van der Waals surface area contributed by atoms with Gasteiger partial charge in [0.15, 0.2) is 18.5 Å². The number of aliphatic hydroxyl groups is 1. The van der Waals surface area contributed by atoms with Gasteiger partial charge in [-0.2, -0.15) is 0 Å². The maximum Gasteiger partial charge on any atom is 0.410 e. The van der Waals surface area contributed by atoms with Crippen LogP contribution in [0.25, 0.3) is 0 Å². The third kappa shape index (κ3) is 11.2. The fourth-order valence-corrected chi connectivity index (χ4v) is 5.55. The highest BCUT2D eigenvalue weighted by Gasteiger charge is 2.28. The number of hydrogen-bond acceptors (Lipinski definition) is 11. The summed E-state index contributed by atoms with van der Waals surface area (Å²) in [5.41, 5.74) is 5.71. The van der Waals surface area contributed by atoms with E-state index in [-0.39, 0.29) is 18.8 Å². The van der Waals surface area contributed by atoms with Crippen LogP contribution in [-0.4, -0.2) is 66.5 Å². The van der Waals surface area contributed by atoms with Gasteiger partial charge in [-0.05, 0) is 114 Å². The van der Waals surface area contributed by atoms with Gasteiger partial charge in [-0.25, -0.2) is 19.6 Å². The molecule has 0 unspecified atom stereocenters. The summed E-state index contributed by atoms with van der Waals surface area (Å²) in [6.45, 7) is 17.9. The number of benzene rings is 2. The van der Waals surface area contributed by atoms with Gasteiger partial charge in [-0.1, -0.05) is 12.1 Å². The maximum absolute atomic E-state index is 12.3. The fraction of sp³-hybridized carbons (Fsp3) is 0.474. The summed E-state index contributed by atoms with van der Waals surface area (Å²) in [6.07, 6.45) is 6.81. The normalized spacial score (nSPS) is 13.8. The van der Waals surface area contributed by atoms with E-state index in [1.54, 1.807) is 22.1 Å². The van der Waals surface area contributed by atoms with Crippen LogP contribution in [0.3, 0.4) is 0 Å². The number of rotatable bonds is 4. The van der Waals surface area contributed by atoms with Crippen LogP contribution in [0.15, 0.2) is 58.3 Å². The molecule has 13 heteroatoms. The highest BCUT2D eigenvalue weighted by molar-refractivity contribution is 5.69. The molecule has 0 saturated carbocycles. The number of oxazole rings is 2. The van der Waals surface area contributed by atoms with Crippen molar-refractivity contribution in [3.05, 3.63) is 94.3 Å². The first kappa shape index (κ1) is 38.8. The summed E-state index contributed by atoms with van der Waals surface area (Å²) in [6, 6.07) is 7.54. The molecule has 2 N–H and O–H groups in total. The lowest BCUT2D eigenvalue weighted by Gasteiger charge is -2.32. The number of amides is 2. The molecule has 0 atom stereocenters. The van der Waals surface area contributed by atoms with Crippen molar-refractivity contribution in [2.75, 3.05) is 13.1 Å². The standard InChI is InChI=1S/C19H24N2O4.C15H21NO3.C4H5NO2/c1-13-16-7-8-21(18(22)25-19(2,3)4)10-14(16)5-6-17(13)23-11-15-9-20-12-24-15;1-10-12-7-8-16(14(18)19-15(2,3)4)9-11(12)5-6-13(10)17;6-2-4-1-5-3-7-4/h5-6,9,12H,7-8,10-11H2,1-4H3;5-6,17H,7-9H2,1-4H3;1,3,6H,2H2. The van der Waals surface area contributed by atoms with Crippen molar-refractivity contribution in [1.29, 1.82) is 0 Å². The number of phenolic OH excluding ortho intramolecular Hbond substituents is 1. The summed E-state index contributed by atoms with van der Waals surface area (Å²) in [7, 11) is 0. The minimum atomic E-state index is -0.480. The van der Waals surface area contributed by atoms with Gasteiger partial charge in [-0.3, -0.25) is 0 Å². The molecule has 0 saturated heterocycles. The third-order valence-electron chi connectivity index (χ3n) is 8.09. The van der Waals surface area contributed by atoms with Crippen LogP contribution in [-0.2, 0) is 48.6 Å². The second-order valence-electron chi connectivity index (χ2n) is 14.4. The van der Waals surface area contributed by atoms with E-state index in [1.165, 1.54) is 24.5 Å². The molecule has 51 heavy (non-hydrogen) atoms. The Labute approximate surface area is 299 Å². The Bertz CT molecular complexity index is 1740. The molecule has 2 aromatic heterocycles. The highest BCUT2D eigenvalue weighted by Crippen LogP contribution is 2.31. The lowest BCUT2D eigenvalue weighted by molar-refractivity contribution is 0.0213. The van der Waals surface area contributed by atoms with Gasteiger partial charge in [0.2, 0.25) is 0 Å². The minimum absolute atomic E-state index is 0.0694. The summed E-state index contributed by atoms with van der Waals surface area (Å²) >= 11 is 0. The molecule has 4 heterocycles. The predicted octanol–water partition coefficient (Wildman–Crippen LogP) is 7.02. The number of nitrogens with zero attached hydrogens (tertiary/aromatic N) is 4. The monoisotopic (exact) mass is 706 g/mol. The van der Waals surface area contributed by atoms with E-state index in [4.69, 9.17) is 23.7 Å². The smallest absolute Gasteiger partial charge is 0.410 e. The Kier molecular flexibility index (Phi) is 12.8.